The molecule has 0 unspecified atom stereocenters. The second kappa shape index (κ2) is 9.73. The van der Waals surface area contributed by atoms with E-state index in [-0.39, 0.29) is 30.5 Å². The largest absolute Gasteiger partial charge is 1.00 e. The van der Waals surface area contributed by atoms with Gasteiger partial charge in [-0.05, 0) is 12.1 Å². The number of rotatable bonds is 5. The molecule has 162 valence electrons. The fourth-order valence-corrected chi connectivity index (χ4v) is 2.97. The van der Waals surface area contributed by atoms with Gasteiger partial charge in [0, 0.05) is 17.8 Å². The molecule has 0 aliphatic carbocycles. The van der Waals surface area contributed by atoms with Crippen LogP contribution in [0.2, 0.25) is 5.02 Å². The highest BCUT2D eigenvalue weighted by Gasteiger charge is 2.22. The molecule has 3 aromatic heterocycles. The Labute approximate surface area is 194 Å². The molecule has 0 aliphatic rings. The Hall–Kier alpha value is -3.21. The predicted molar refractivity (Wildman–Crippen MR) is 104 cm³/mol. The molecule has 31 heavy (non-hydrogen) atoms. The van der Waals surface area contributed by atoms with E-state index in [9.17, 15) is 10.1 Å². The van der Waals surface area contributed by atoms with Crippen molar-refractivity contribution < 1.29 is 38.9 Å². The van der Waals surface area contributed by atoms with E-state index in [0.29, 0.717) is 28.3 Å². The van der Waals surface area contributed by atoms with Gasteiger partial charge in [0.25, 0.3) is 17.8 Å². The Kier molecular flexibility index (Phi) is 7.55. The normalized spacial score (nSPS) is 10.2. The van der Waals surface area contributed by atoms with Gasteiger partial charge in [-0.3, -0.25) is 10.1 Å². The number of imidazole rings is 2. The van der Waals surface area contributed by atoms with Crippen molar-refractivity contribution in [3.8, 4) is 11.8 Å². The topological polar surface area (TPSA) is 98.6 Å². The van der Waals surface area contributed by atoms with Crippen molar-refractivity contribution >= 4 is 28.8 Å². The van der Waals surface area contributed by atoms with Crippen LogP contribution in [0.4, 0.5) is 17.2 Å². The number of hydrogen-bond acceptors (Lipinski definition) is 5. The van der Waals surface area contributed by atoms with Gasteiger partial charge >= 0.3 is 5.95 Å². The first kappa shape index (κ1) is 24.1. The number of nitrogens with zero attached hydrogens (tertiary/aromatic N) is 7. The standard InChI is InChI=1S/C18H17ClN8O2.2ClH/c1-23-7-9-25(11-23)17-15(19)16(20-13-3-5-14(6-4-13)27(28)29)21-18(22-17)26-10-8-24(2)12-26;;/h3-12H,1-2H3,(H,20,21,22);2*1H/q+2;;/p-2. The number of nitrogens with one attached hydrogen (secondary N) is 1. The van der Waals surface area contributed by atoms with Crippen molar-refractivity contribution in [3.05, 3.63) is 76.8 Å². The van der Waals surface area contributed by atoms with Crippen LogP contribution in [0.25, 0.3) is 11.8 Å². The number of aryl methyl sites for hydroxylation is 2. The summed E-state index contributed by atoms with van der Waals surface area (Å²) in [5.41, 5.74) is 0.620. The first-order chi connectivity index (χ1) is 13.9. The van der Waals surface area contributed by atoms with Gasteiger partial charge in [0.15, 0.2) is 10.8 Å². The van der Waals surface area contributed by atoms with Crippen molar-refractivity contribution in [3.63, 3.8) is 0 Å². The molecule has 3 heterocycles. The molecule has 0 atom stereocenters. The molecule has 4 aromatic rings. The Balaban J connectivity index is 0.00000171. The van der Waals surface area contributed by atoms with Gasteiger partial charge in [-0.1, -0.05) is 11.6 Å². The molecule has 10 nitrogen and oxygen atoms in total. The van der Waals surface area contributed by atoms with Crippen LogP contribution in [-0.4, -0.2) is 24.0 Å². The minimum Gasteiger partial charge on any atom is -1.00 e. The first-order valence-corrected chi connectivity index (χ1v) is 8.95. The van der Waals surface area contributed by atoms with Gasteiger partial charge < -0.3 is 30.1 Å². The molecule has 0 spiro atoms. The lowest BCUT2D eigenvalue weighted by Crippen LogP contribution is -3.00. The summed E-state index contributed by atoms with van der Waals surface area (Å²) in [5.74, 6) is 1.30. The summed E-state index contributed by atoms with van der Waals surface area (Å²) in [7, 11) is 3.80. The predicted octanol–water partition coefficient (Wildman–Crippen LogP) is -3.98. The third kappa shape index (κ3) is 5.10. The lowest BCUT2D eigenvalue weighted by atomic mass is 10.3. The van der Waals surface area contributed by atoms with Crippen LogP contribution < -0.4 is 39.3 Å². The summed E-state index contributed by atoms with van der Waals surface area (Å²) >= 11 is 6.61. The van der Waals surface area contributed by atoms with Crippen LogP contribution in [-0.2, 0) is 14.1 Å². The maximum Gasteiger partial charge on any atom is 0.331 e. The monoisotopic (exact) mass is 482 g/mol. The zero-order valence-electron chi connectivity index (χ0n) is 16.4. The molecule has 13 heteroatoms. The van der Waals surface area contributed by atoms with E-state index in [0.717, 1.165) is 0 Å². The van der Waals surface area contributed by atoms with E-state index >= 15 is 0 Å². The third-order valence-electron chi connectivity index (χ3n) is 4.18. The molecule has 0 saturated heterocycles. The smallest absolute Gasteiger partial charge is 0.331 e. The van der Waals surface area contributed by atoms with E-state index in [1.54, 1.807) is 21.3 Å². The lowest BCUT2D eigenvalue weighted by Gasteiger charge is -2.09. The fraction of sp³-hybridized carbons (Fsp3) is 0.111. The van der Waals surface area contributed by atoms with E-state index in [2.05, 4.69) is 15.3 Å². The molecule has 0 amide bonds. The summed E-state index contributed by atoms with van der Waals surface area (Å²) in [5, 5.41) is 14.3. The van der Waals surface area contributed by atoms with Crippen LogP contribution in [0.1, 0.15) is 0 Å². The van der Waals surface area contributed by atoms with Crippen molar-refractivity contribution in [1.29, 1.82) is 0 Å². The summed E-state index contributed by atoms with van der Waals surface area (Å²) in [6.45, 7) is 0. The number of aromatic nitrogens is 6. The molecule has 1 aromatic carbocycles. The quantitative estimate of drug-likeness (QED) is 0.177. The third-order valence-corrected chi connectivity index (χ3v) is 4.52. The second-order valence-corrected chi connectivity index (χ2v) is 6.79. The molecular formula is C18H17Cl3N8O2. The second-order valence-electron chi connectivity index (χ2n) is 6.41. The number of non-ortho nitro benzene ring substituents is 1. The lowest BCUT2D eigenvalue weighted by molar-refractivity contribution is -0.670. The van der Waals surface area contributed by atoms with Gasteiger partial charge in [0.05, 0.1) is 19.0 Å². The Bertz CT molecular complexity index is 1210. The Morgan fingerprint density at radius 3 is 2.10 bits per heavy atom. The maximum absolute atomic E-state index is 10.9. The minimum atomic E-state index is -0.449. The van der Waals surface area contributed by atoms with Crippen LogP contribution in [0.3, 0.4) is 0 Å². The molecular weight excluding hydrogens is 467 g/mol. The molecule has 0 fully saturated rings. The molecule has 0 saturated carbocycles. The number of nitro benzene ring substituents is 1. The number of hydrogen-bond donors (Lipinski definition) is 1. The van der Waals surface area contributed by atoms with Gasteiger partial charge in [0.1, 0.15) is 24.8 Å². The van der Waals surface area contributed by atoms with E-state index in [1.165, 1.54) is 12.1 Å². The van der Waals surface area contributed by atoms with Crippen LogP contribution >= 0.6 is 11.6 Å². The Morgan fingerprint density at radius 1 is 1.00 bits per heavy atom. The summed E-state index contributed by atoms with van der Waals surface area (Å²) in [4.78, 5) is 19.6. The highest BCUT2D eigenvalue weighted by atomic mass is 35.5. The highest BCUT2D eigenvalue weighted by Crippen LogP contribution is 2.29. The van der Waals surface area contributed by atoms with Gasteiger partial charge in [-0.25, -0.2) is 9.13 Å². The zero-order chi connectivity index (χ0) is 20.5. The molecule has 0 bridgehead atoms. The number of anilines is 2. The zero-order valence-corrected chi connectivity index (χ0v) is 18.6. The summed E-state index contributed by atoms with van der Waals surface area (Å²) in [6, 6.07) is 6.02. The van der Waals surface area contributed by atoms with Crippen LogP contribution in [0, 0.1) is 10.1 Å². The highest BCUT2D eigenvalue weighted by molar-refractivity contribution is 6.34. The van der Waals surface area contributed by atoms with Crippen molar-refractivity contribution in [1.82, 2.24) is 19.1 Å². The number of benzene rings is 1. The van der Waals surface area contributed by atoms with Crippen LogP contribution in [0.15, 0.2) is 61.7 Å². The van der Waals surface area contributed by atoms with Crippen LogP contribution in [0.5, 0.6) is 0 Å². The summed E-state index contributed by atoms with van der Waals surface area (Å²) < 4.78 is 7.30. The molecule has 1 N–H and O–H groups in total. The SMILES string of the molecule is C[n+]1ccn(-c2nc(Nc3ccc([N+](=O)[O-])cc3)c(Cl)c(-n3cc[n+](C)c3)n2)c1.[Cl-].[Cl-]. The average molecular weight is 484 g/mol. The minimum absolute atomic E-state index is 0. The van der Waals surface area contributed by atoms with Crippen molar-refractivity contribution in [2.75, 3.05) is 5.32 Å². The van der Waals surface area contributed by atoms with Crippen molar-refractivity contribution in [2.45, 2.75) is 0 Å². The summed E-state index contributed by atoms with van der Waals surface area (Å²) in [6.07, 6.45) is 11.1. The van der Waals surface area contributed by atoms with Gasteiger partial charge in [0.2, 0.25) is 6.33 Å². The van der Waals surface area contributed by atoms with Gasteiger partial charge in [-0.2, -0.15) is 14.1 Å². The van der Waals surface area contributed by atoms with E-state index in [1.807, 2.05) is 60.7 Å². The Morgan fingerprint density at radius 2 is 1.58 bits per heavy atom. The molecule has 0 radical (unpaired) electrons. The average Bonchev–Trinajstić information content (AvgIpc) is 3.32. The maximum atomic E-state index is 10.9. The van der Waals surface area contributed by atoms with E-state index in [4.69, 9.17) is 11.6 Å². The molecule has 4 rings (SSSR count). The van der Waals surface area contributed by atoms with Crippen molar-refractivity contribution in [2.24, 2.45) is 14.1 Å². The first-order valence-electron chi connectivity index (χ1n) is 8.57. The number of halogens is 3. The van der Waals surface area contributed by atoms with Gasteiger partial charge in [-0.15, -0.1) is 4.98 Å². The molecule has 0 aliphatic heterocycles. The fourth-order valence-electron chi connectivity index (χ4n) is 2.74. The number of nitro groups is 1. The van der Waals surface area contributed by atoms with E-state index < -0.39 is 4.92 Å².